The first-order valence-electron chi connectivity index (χ1n) is 6.67. The van der Waals surface area contributed by atoms with Crippen molar-refractivity contribution in [3.05, 3.63) is 28.8 Å². The van der Waals surface area contributed by atoms with Gasteiger partial charge < -0.3 is 10.4 Å². The Labute approximate surface area is 123 Å². The minimum absolute atomic E-state index is 0.179. The second-order valence-electron chi connectivity index (χ2n) is 5.47. The third-order valence-electron chi connectivity index (χ3n) is 4.13. The van der Waals surface area contributed by atoms with E-state index in [1.807, 2.05) is 0 Å². The van der Waals surface area contributed by atoms with E-state index in [4.69, 9.17) is 16.9 Å². The highest BCUT2D eigenvalue weighted by Crippen LogP contribution is 2.38. The van der Waals surface area contributed by atoms with E-state index in [0.717, 1.165) is 19.3 Å². The van der Waals surface area contributed by atoms with Crippen molar-refractivity contribution in [2.45, 2.75) is 38.6 Å². The largest absolute Gasteiger partial charge is 0.481 e. The summed E-state index contributed by atoms with van der Waals surface area (Å²) in [4.78, 5) is 11.6. The fourth-order valence-electron chi connectivity index (χ4n) is 2.74. The maximum atomic E-state index is 11.6. The second-order valence-corrected chi connectivity index (χ2v) is 5.90. The lowest BCUT2D eigenvalue weighted by atomic mass is 9.71. The van der Waals surface area contributed by atoms with Crippen molar-refractivity contribution in [1.82, 2.24) is 0 Å². The Morgan fingerprint density at radius 2 is 2.30 bits per heavy atom. The van der Waals surface area contributed by atoms with Crippen LogP contribution in [-0.4, -0.2) is 17.1 Å². The van der Waals surface area contributed by atoms with Gasteiger partial charge in [-0.05, 0) is 38.0 Å². The number of benzene rings is 1. The number of halogens is 1. The first-order valence-corrected chi connectivity index (χ1v) is 7.05. The van der Waals surface area contributed by atoms with Crippen LogP contribution in [0.5, 0.6) is 0 Å². The molecule has 0 heterocycles. The van der Waals surface area contributed by atoms with Crippen molar-refractivity contribution in [2.75, 3.05) is 5.32 Å². The zero-order valence-electron chi connectivity index (χ0n) is 11.3. The number of carbonyl (C=O) groups is 1. The zero-order chi connectivity index (χ0) is 14.8. The summed E-state index contributed by atoms with van der Waals surface area (Å²) in [5.74, 6) is -0.790. The molecule has 0 aromatic heterocycles. The van der Waals surface area contributed by atoms with Crippen LogP contribution in [0.2, 0.25) is 5.02 Å². The third-order valence-corrected chi connectivity index (χ3v) is 4.36. The average molecular weight is 293 g/mol. The molecule has 0 spiro atoms. The van der Waals surface area contributed by atoms with Gasteiger partial charge in [0.05, 0.1) is 16.7 Å². The normalized spacial score (nSPS) is 25.8. The molecule has 1 saturated carbocycles. The molecule has 0 saturated heterocycles. The molecule has 5 heteroatoms. The molecule has 1 aromatic carbocycles. The van der Waals surface area contributed by atoms with Crippen LogP contribution >= 0.6 is 11.6 Å². The predicted octanol–water partition coefficient (Wildman–Crippen LogP) is 3.66. The van der Waals surface area contributed by atoms with Crippen LogP contribution in [0.15, 0.2) is 18.2 Å². The Balaban J connectivity index is 2.28. The molecule has 0 amide bonds. The van der Waals surface area contributed by atoms with Crippen LogP contribution in [0.1, 0.15) is 38.2 Å². The highest BCUT2D eigenvalue weighted by atomic mass is 35.5. The lowest BCUT2D eigenvalue weighted by Crippen LogP contribution is -2.46. The minimum atomic E-state index is -0.801. The standard InChI is InChI=1S/C15H17ClN2O2/c1-15(14(19)20)7-3-2-4-13(15)18-12-6-5-11(16)8-10(12)9-17/h5-6,8,13,18H,2-4,7H2,1H3,(H,19,20). The van der Waals surface area contributed by atoms with Crippen LogP contribution < -0.4 is 5.32 Å². The first-order chi connectivity index (χ1) is 9.47. The molecule has 2 unspecified atom stereocenters. The number of hydrogen-bond acceptors (Lipinski definition) is 3. The maximum absolute atomic E-state index is 11.6. The monoisotopic (exact) mass is 292 g/mol. The predicted molar refractivity (Wildman–Crippen MR) is 77.8 cm³/mol. The second kappa shape index (κ2) is 5.72. The Kier molecular flexibility index (Phi) is 4.20. The molecular formula is C15H17ClN2O2. The maximum Gasteiger partial charge on any atom is 0.311 e. The highest BCUT2D eigenvalue weighted by Gasteiger charge is 2.43. The van der Waals surface area contributed by atoms with Crippen LogP contribution in [0, 0.1) is 16.7 Å². The summed E-state index contributed by atoms with van der Waals surface area (Å²) in [6.07, 6.45) is 3.36. The van der Waals surface area contributed by atoms with Gasteiger partial charge in [-0.3, -0.25) is 4.79 Å². The van der Waals surface area contributed by atoms with Gasteiger partial charge in [0.25, 0.3) is 0 Å². The Morgan fingerprint density at radius 1 is 1.55 bits per heavy atom. The average Bonchev–Trinajstić information content (AvgIpc) is 2.43. The van der Waals surface area contributed by atoms with Gasteiger partial charge in [-0.2, -0.15) is 5.26 Å². The molecule has 4 nitrogen and oxygen atoms in total. The zero-order valence-corrected chi connectivity index (χ0v) is 12.1. The number of nitriles is 1. The summed E-state index contributed by atoms with van der Waals surface area (Å²) in [5, 5.41) is 22.4. The quantitative estimate of drug-likeness (QED) is 0.892. The molecule has 1 aliphatic rings. The summed E-state index contributed by atoms with van der Waals surface area (Å²) in [6, 6.07) is 6.93. The lowest BCUT2D eigenvalue weighted by Gasteiger charge is -2.39. The summed E-state index contributed by atoms with van der Waals surface area (Å²) in [6.45, 7) is 1.77. The summed E-state index contributed by atoms with van der Waals surface area (Å²) in [5.41, 5.74) is 0.289. The van der Waals surface area contributed by atoms with E-state index in [-0.39, 0.29) is 6.04 Å². The van der Waals surface area contributed by atoms with Gasteiger partial charge in [0.1, 0.15) is 6.07 Å². The van der Waals surface area contributed by atoms with Gasteiger partial charge >= 0.3 is 5.97 Å². The summed E-state index contributed by atoms with van der Waals surface area (Å²) in [7, 11) is 0. The summed E-state index contributed by atoms with van der Waals surface area (Å²) < 4.78 is 0. The molecule has 106 valence electrons. The van der Waals surface area contributed by atoms with Gasteiger partial charge in [0, 0.05) is 11.1 Å². The third kappa shape index (κ3) is 2.73. The van der Waals surface area contributed by atoms with Crippen LogP contribution in [0.25, 0.3) is 0 Å². The lowest BCUT2D eigenvalue weighted by molar-refractivity contribution is -0.150. The van der Waals surface area contributed by atoms with Crippen molar-refractivity contribution in [3.63, 3.8) is 0 Å². The Bertz CT molecular complexity index is 567. The van der Waals surface area contributed by atoms with Gasteiger partial charge in [-0.15, -0.1) is 0 Å². The van der Waals surface area contributed by atoms with Crippen LogP contribution in [0.4, 0.5) is 5.69 Å². The fourth-order valence-corrected chi connectivity index (χ4v) is 2.92. The molecule has 20 heavy (non-hydrogen) atoms. The molecule has 1 aliphatic carbocycles. The van der Waals surface area contributed by atoms with Crippen molar-refractivity contribution in [2.24, 2.45) is 5.41 Å². The van der Waals surface area contributed by atoms with Crippen molar-refractivity contribution >= 4 is 23.3 Å². The topological polar surface area (TPSA) is 73.1 Å². The van der Waals surface area contributed by atoms with Crippen LogP contribution in [0.3, 0.4) is 0 Å². The molecule has 1 aromatic rings. The van der Waals surface area contributed by atoms with Gasteiger partial charge in [0.15, 0.2) is 0 Å². The number of carboxylic acids is 1. The molecule has 0 radical (unpaired) electrons. The molecule has 1 fully saturated rings. The van der Waals surface area contributed by atoms with Crippen molar-refractivity contribution in [3.8, 4) is 6.07 Å². The smallest absolute Gasteiger partial charge is 0.311 e. The number of anilines is 1. The molecule has 2 rings (SSSR count). The minimum Gasteiger partial charge on any atom is -0.481 e. The van der Waals surface area contributed by atoms with E-state index in [1.54, 1.807) is 25.1 Å². The SMILES string of the molecule is CC1(C(=O)O)CCCCC1Nc1ccc(Cl)cc1C#N. The van der Waals surface area contributed by atoms with Gasteiger partial charge in [-0.25, -0.2) is 0 Å². The number of nitrogens with zero attached hydrogens (tertiary/aromatic N) is 1. The number of hydrogen-bond donors (Lipinski definition) is 2. The van der Waals surface area contributed by atoms with Gasteiger partial charge in [0.2, 0.25) is 0 Å². The van der Waals surface area contributed by atoms with E-state index in [2.05, 4.69) is 11.4 Å². The van der Waals surface area contributed by atoms with Crippen molar-refractivity contribution in [1.29, 1.82) is 5.26 Å². The number of nitrogens with one attached hydrogen (secondary N) is 1. The fraction of sp³-hybridized carbons (Fsp3) is 0.467. The molecule has 0 aliphatic heterocycles. The summed E-state index contributed by atoms with van der Waals surface area (Å²) >= 11 is 5.87. The van der Waals surface area contributed by atoms with Crippen LogP contribution in [-0.2, 0) is 4.79 Å². The van der Waals surface area contributed by atoms with E-state index in [9.17, 15) is 9.90 Å². The first kappa shape index (κ1) is 14.7. The number of rotatable bonds is 3. The molecule has 0 bridgehead atoms. The van der Waals surface area contributed by atoms with E-state index in [0.29, 0.717) is 22.7 Å². The molecule has 2 atom stereocenters. The highest BCUT2D eigenvalue weighted by molar-refractivity contribution is 6.30. The van der Waals surface area contributed by atoms with E-state index < -0.39 is 11.4 Å². The molecule has 2 N–H and O–H groups in total. The van der Waals surface area contributed by atoms with E-state index >= 15 is 0 Å². The van der Waals surface area contributed by atoms with Crippen molar-refractivity contribution < 1.29 is 9.90 Å². The number of aliphatic carboxylic acids is 1. The Morgan fingerprint density at radius 3 is 2.95 bits per heavy atom. The molecular weight excluding hydrogens is 276 g/mol. The Hall–Kier alpha value is -1.73. The number of carboxylic acid groups (broad SMARTS) is 1. The van der Waals surface area contributed by atoms with E-state index in [1.165, 1.54) is 0 Å². The van der Waals surface area contributed by atoms with Gasteiger partial charge in [-0.1, -0.05) is 24.4 Å².